The summed E-state index contributed by atoms with van der Waals surface area (Å²) in [6, 6.07) is 3.85. The molecule has 2 N–H and O–H groups in total. The molecule has 0 atom stereocenters. The smallest absolute Gasteiger partial charge is 0.233 e. The van der Waals surface area contributed by atoms with Crippen LogP contribution in [-0.4, -0.2) is 30.4 Å². The van der Waals surface area contributed by atoms with Gasteiger partial charge in [-0.2, -0.15) is 0 Å². The number of nitrogens with zero attached hydrogens (tertiary/aromatic N) is 2. The third-order valence-electron chi connectivity index (χ3n) is 2.33. The van der Waals surface area contributed by atoms with Gasteiger partial charge in [0.05, 0.1) is 5.75 Å². The molecule has 1 aromatic heterocycles. The minimum Gasteiger partial charge on any atom is -0.366 e. The Morgan fingerprint density at radius 3 is 2.47 bits per heavy atom. The summed E-state index contributed by atoms with van der Waals surface area (Å²) in [6.45, 7) is 1.81. The third-order valence-corrected chi connectivity index (χ3v) is 3.79. The normalized spacial score (nSPS) is 15.6. The molecule has 1 saturated carbocycles. The van der Waals surface area contributed by atoms with Gasteiger partial charge in [0.2, 0.25) is 10.0 Å². The van der Waals surface area contributed by atoms with Gasteiger partial charge in [0, 0.05) is 6.04 Å². The zero-order valence-electron chi connectivity index (χ0n) is 9.68. The van der Waals surface area contributed by atoms with E-state index in [1.54, 1.807) is 12.1 Å². The predicted molar refractivity (Wildman–Crippen MR) is 66.4 cm³/mol. The van der Waals surface area contributed by atoms with E-state index in [1.807, 2.05) is 6.92 Å². The molecule has 0 unspecified atom stereocenters. The molecule has 7 heteroatoms. The molecule has 94 valence electrons. The van der Waals surface area contributed by atoms with E-state index in [0.29, 0.717) is 18.3 Å². The fraction of sp³-hybridized carbons (Fsp3) is 0.600. The van der Waals surface area contributed by atoms with Gasteiger partial charge in [-0.25, -0.2) is 8.42 Å². The lowest BCUT2D eigenvalue weighted by molar-refractivity contribution is 0.599. The maximum Gasteiger partial charge on any atom is 0.233 e. The zero-order valence-corrected chi connectivity index (χ0v) is 10.5. The number of anilines is 2. The number of hydrogen-bond donors (Lipinski definition) is 2. The van der Waals surface area contributed by atoms with Gasteiger partial charge < -0.3 is 5.32 Å². The Bertz CT molecular complexity index is 468. The van der Waals surface area contributed by atoms with Crippen LogP contribution in [0, 0.1) is 0 Å². The van der Waals surface area contributed by atoms with Gasteiger partial charge in [0.25, 0.3) is 0 Å². The second-order valence-corrected chi connectivity index (χ2v) is 5.99. The summed E-state index contributed by atoms with van der Waals surface area (Å²) < 4.78 is 25.3. The fourth-order valence-electron chi connectivity index (χ4n) is 1.38. The lowest BCUT2D eigenvalue weighted by Gasteiger charge is -2.06. The molecule has 0 spiro atoms. The quantitative estimate of drug-likeness (QED) is 0.799. The van der Waals surface area contributed by atoms with Crippen molar-refractivity contribution in [3.8, 4) is 0 Å². The molecular weight excluding hydrogens is 240 g/mol. The van der Waals surface area contributed by atoms with E-state index in [4.69, 9.17) is 0 Å². The van der Waals surface area contributed by atoms with Gasteiger partial charge in [-0.1, -0.05) is 6.92 Å². The van der Waals surface area contributed by atoms with Crippen LogP contribution in [0.25, 0.3) is 0 Å². The van der Waals surface area contributed by atoms with Crippen LogP contribution in [0.4, 0.5) is 11.6 Å². The van der Waals surface area contributed by atoms with Crippen molar-refractivity contribution in [1.29, 1.82) is 0 Å². The Labute approximate surface area is 101 Å². The van der Waals surface area contributed by atoms with Crippen molar-refractivity contribution in [3.05, 3.63) is 12.1 Å². The third kappa shape index (κ3) is 3.85. The predicted octanol–water partition coefficient (Wildman–Crippen LogP) is 1.20. The SMILES string of the molecule is CCCS(=O)(=O)Nc1ccc(NC2CC2)nn1. The van der Waals surface area contributed by atoms with Gasteiger partial charge in [-0.05, 0) is 31.4 Å². The van der Waals surface area contributed by atoms with Crippen LogP contribution in [0.2, 0.25) is 0 Å². The lowest BCUT2D eigenvalue weighted by Crippen LogP contribution is -2.17. The summed E-state index contributed by atoms with van der Waals surface area (Å²) in [5.74, 6) is 1.04. The van der Waals surface area contributed by atoms with Crippen molar-refractivity contribution < 1.29 is 8.42 Å². The monoisotopic (exact) mass is 256 g/mol. The number of aromatic nitrogens is 2. The molecule has 0 amide bonds. The van der Waals surface area contributed by atoms with E-state index < -0.39 is 10.0 Å². The molecular formula is C10H16N4O2S. The Morgan fingerprint density at radius 2 is 1.94 bits per heavy atom. The topological polar surface area (TPSA) is 84.0 Å². The van der Waals surface area contributed by atoms with E-state index in [9.17, 15) is 8.42 Å². The van der Waals surface area contributed by atoms with E-state index in [-0.39, 0.29) is 11.6 Å². The van der Waals surface area contributed by atoms with Crippen LogP contribution in [-0.2, 0) is 10.0 Å². The molecule has 1 aromatic rings. The minimum atomic E-state index is -3.28. The van der Waals surface area contributed by atoms with Crippen LogP contribution in [0.3, 0.4) is 0 Å². The zero-order chi connectivity index (χ0) is 12.3. The molecule has 1 heterocycles. The van der Waals surface area contributed by atoms with E-state index in [2.05, 4.69) is 20.2 Å². The van der Waals surface area contributed by atoms with Crippen molar-refractivity contribution in [3.63, 3.8) is 0 Å². The van der Waals surface area contributed by atoms with Gasteiger partial charge in [-0.3, -0.25) is 4.72 Å². The van der Waals surface area contributed by atoms with Crippen LogP contribution in [0.15, 0.2) is 12.1 Å². The van der Waals surface area contributed by atoms with E-state index in [1.165, 1.54) is 0 Å². The summed E-state index contributed by atoms with van der Waals surface area (Å²) in [5, 5.41) is 10.9. The Kier molecular flexibility index (Phi) is 3.46. The number of nitrogens with one attached hydrogen (secondary N) is 2. The Hall–Kier alpha value is -1.37. The maximum atomic E-state index is 11.5. The first-order valence-electron chi connectivity index (χ1n) is 5.70. The molecule has 6 nitrogen and oxygen atoms in total. The highest BCUT2D eigenvalue weighted by Crippen LogP contribution is 2.23. The Balaban J connectivity index is 1.97. The first-order valence-corrected chi connectivity index (χ1v) is 7.35. The molecule has 0 saturated heterocycles. The average Bonchev–Trinajstić information content (AvgIpc) is 3.04. The Morgan fingerprint density at radius 1 is 1.29 bits per heavy atom. The maximum absolute atomic E-state index is 11.5. The summed E-state index contributed by atoms with van der Waals surface area (Å²) in [6.07, 6.45) is 2.89. The largest absolute Gasteiger partial charge is 0.366 e. The molecule has 0 aromatic carbocycles. The lowest BCUT2D eigenvalue weighted by atomic mass is 10.5. The highest BCUT2D eigenvalue weighted by atomic mass is 32.2. The van der Waals surface area contributed by atoms with Gasteiger partial charge in [-0.15, -0.1) is 10.2 Å². The molecule has 0 bridgehead atoms. The molecule has 1 fully saturated rings. The average molecular weight is 256 g/mol. The van der Waals surface area contributed by atoms with Crippen LogP contribution in [0.5, 0.6) is 0 Å². The van der Waals surface area contributed by atoms with Crippen molar-refractivity contribution in [2.45, 2.75) is 32.2 Å². The van der Waals surface area contributed by atoms with Crippen LogP contribution >= 0.6 is 0 Å². The van der Waals surface area contributed by atoms with E-state index >= 15 is 0 Å². The van der Waals surface area contributed by atoms with Gasteiger partial charge in [0.15, 0.2) is 5.82 Å². The van der Waals surface area contributed by atoms with Crippen molar-refractivity contribution in [2.24, 2.45) is 0 Å². The van der Waals surface area contributed by atoms with Crippen molar-refractivity contribution in [2.75, 3.05) is 15.8 Å². The number of rotatable bonds is 6. The first-order chi connectivity index (χ1) is 8.09. The molecule has 1 aliphatic carbocycles. The number of hydrogen-bond acceptors (Lipinski definition) is 5. The van der Waals surface area contributed by atoms with Crippen LogP contribution in [0.1, 0.15) is 26.2 Å². The first kappa shape index (κ1) is 12.1. The second-order valence-electron chi connectivity index (χ2n) is 4.14. The van der Waals surface area contributed by atoms with Gasteiger partial charge >= 0.3 is 0 Å². The van der Waals surface area contributed by atoms with E-state index in [0.717, 1.165) is 12.8 Å². The highest BCUT2D eigenvalue weighted by Gasteiger charge is 2.21. The highest BCUT2D eigenvalue weighted by molar-refractivity contribution is 7.92. The fourth-order valence-corrected chi connectivity index (χ4v) is 2.45. The minimum absolute atomic E-state index is 0.0940. The summed E-state index contributed by atoms with van der Waals surface area (Å²) in [7, 11) is -3.28. The number of sulfonamides is 1. The summed E-state index contributed by atoms with van der Waals surface area (Å²) in [4.78, 5) is 0. The van der Waals surface area contributed by atoms with Crippen LogP contribution < -0.4 is 10.0 Å². The van der Waals surface area contributed by atoms with Crippen molar-refractivity contribution in [1.82, 2.24) is 10.2 Å². The second kappa shape index (κ2) is 4.87. The van der Waals surface area contributed by atoms with Crippen molar-refractivity contribution >= 4 is 21.7 Å². The summed E-state index contributed by atoms with van der Waals surface area (Å²) >= 11 is 0. The molecule has 0 radical (unpaired) electrons. The molecule has 2 rings (SSSR count). The molecule has 0 aliphatic heterocycles. The summed E-state index contributed by atoms with van der Waals surface area (Å²) in [5.41, 5.74) is 0. The molecule has 1 aliphatic rings. The van der Waals surface area contributed by atoms with Gasteiger partial charge in [0.1, 0.15) is 5.82 Å². The standard InChI is InChI=1S/C10H16N4O2S/c1-2-7-17(15,16)14-10-6-5-9(12-13-10)11-8-3-4-8/h5-6,8H,2-4,7H2,1H3,(H,11,12)(H,13,14). The molecule has 17 heavy (non-hydrogen) atoms.